The van der Waals surface area contributed by atoms with Crippen LogP contribution < -0.4 is 9.47 Å². The van der Waals surface area contributed by atoms with Crippen molar-refractivity contribution in [1.82, 2.24) is 9.80 Å². The smallest absolute Gasteiger partial charge is 0.257 e. The van der Waals surface area contributed by atoms with Gasteiger partial charge in [0.05, 0.1) is 19.3 Å². The molecular weight excluding hydrogens is 392 g/mol. The molecule has 6 nitrogen and oxygen atoms in total. The van der Waals surface area contributed by atoms with Gasteiger partial charge < -0.3 is 19.3 Å². The maximum absolute atomic E-state index is 13.0. The quantitative estimate of drug-likeness (QED) is 0.745. The lowest BCUT2D eigenvalue weighted by Crippen LogP contribution is -2.37. The number of nitrogens with zero attached hydrogens (tertiary/aromatic N) is 2. The zero-order chi connectivity index (χ0) is 20.8. The molecule has 3 rings (SSSR count). The molecular formula is C22H25ClN2O4. The van der Waals surface area contributed by atoms with Crippen LogP contribution in [0.2, 0.25) is 5.02 Å². The zero-order valence-electron chi connectivity index (χ0n) is 16.7. The molecule has 0 spiro atoms. The number of carbonyl (C=O) groups excluding carboxylic acids is 2. The van der Waals surface area contributed by atoms with Crippen LogP contribution >= 0.6 is 11.6 Å². The molecule has 1 aliphatic heterocycles. The number of ether oxygens (including phenoxy) is 2. The first-order valence-corrected chi connectivity index (χ1v) is 10.1. The van der Waals surface area contributed by atoms with Crippen LogP contribution in [0.4, 0.5) is 0 Å². The molecule has 2 aromatic rings. The highest BCUT2D eigenvalue weighted by Gasteiger charge is 2.25. The summed E-state index contributed by atoms with van der Waals surface area (Å²) in [6.45, 7) is 4.60. The summed E-state index contributed by atoms with van der Waals surface area (Å²) in [5.74, 6) is 1.06. The highest BCUT2D eigenvalue weighted by atomic mass is 35.5. The second kappa shape index (κ2) is 9.65. The summed E-state index contributed by atoms with van der Waals surface area (Å²) in [5, 5.41) is 0.483. The molecule has 1 saturated heterocycles. The number of rotatable bonds is 5. The van der Waals surface area contributed by atoms with Crippen molar-refractivity contribution in [2.24, 2.45) is 0 Å². The Morgan fingerprint density at radius 1 is 0.966 bits per heavy atom. The van der Waals surface area contributed by atoms with Gasteiger partial charge in [-0.1, -0.05) is 11.6 Å². The molecule has 1 fully saturated rings. The lowest BCUT2D eigenvalue weighted by molar-refractivity contribution is 0.0717. The van der Waals surface area contributed by atoms with E-state index in [0.29, 0.717) is 61.1 Å². The molecule has 0 radical (unpaired) electrons. The summed E-state index contributed by atoms with van der Waals surface area (Å²) in [6.07, 6.45) is 0.706. The van der Waals surface area contributed by atoms with E-state index in [1.165, 1.54) is 7.11 Å². The summed E-state index contributed by atoms with van der Waals surface area (Å²) in [6, 6.07) is 12.2. The average molecular weight is 417 g/mol. The van der Waals surface area contributed by atoms with E-state index in [1.807, 2.05) is 6.92 Å². The molecule has 0 bridgehead atoms. The number of hydrogen-bond donors (Lipinski definition) is 0. The van der Waals surface area contributed by atoms with Crippen LogP contribution in [0.1, 0.15) is 34.1 Å². The highest BCUT2D eigenvalue weighted by Crippen LogP contribution is 2.25. The van der Waals surface area contributed by atoms with E-state index >= 15 is 0 Å². The molecule has 2 aromatic carbocycles. The third-order valence-electron chi connectivity index (χ3n) is 4.87. The Bertz CT molecular complexity index is 870. The molecule has 0 aliphatic carbocycles. The summed E-state index contributed by atoms with van der Waals surface area (Å²) in [4.78, 5) is 29.4. The fourth-order valence-electron chi connectivity index (χ4n) is 3.38. The average Bonchev–Trinajstić information content (AvgIpc) is 3.00. The van der Waals surface area contributed by atoms with Crippen molar-refractivity contribution in [1.29, 1.82) is 0 Å². The van der Waals surface area contributed by atoms with Crippen LogP contribution in [-0.2, 0) is 0 Å². The fourth-order valence-corrected chi connectivity index (χ4v) is 3.56. The van der Waals surface area contributed by atoms with Crippen LogP contribution in [0.25, 0.3) is 0 Å². The Balaban J connectivity index is 1.68. The number of halogens is 1. The van der Waals surface area contributed by atoms with Gasteiger partial charge in [-0.15, -0.1) is 0 Å². The van der Waals surface area contributed by atoms with Crippen molar-refractivity contribution in [3.8, 4) is 11.5 Å². The van der Waals surface area contributed by atoms with Gasteiger partial charge >= 0.3 is 0 Å². The minimum Gasteiger partial charge on any atom is -0.496 e. The van der Waals surface area contributed by atoms with Crippen molar-refractivity contribution in [2.75, 3.05) is 39.9 Å². The van der Waals surface area contributed by atoms with Crippen molar-refractivity contribution in [3.05, 3.63) is 58.6 Å². The van der Waals surface area contributed by atoms with Gasteiger partial charge in [-0.05, 0) is 55.8 Å². The van der Waals surface area contributed by atoms with Gasteiger partial charge in [0.15, 0.2) is 0 Å². The fraction of sp³-hybridized carbons (Fsp3) is 0.364. The molecule has 1 aliphatic rings. The summed E-state index contributed by atoms with van der Waals surface area (Å²) < 4.78 is 10.7. The van der Waals surface area contributed by atoms with E-state index < -0.39 is 0 Å². The van der Waals surface area contributed by atoms with Crippen molar-refractivity contribution in [3.63, 3.8) is 0 Å². The van der Waals surface area contributed by atoms with Gasteiger partial charge in [-0.2, -0.15) is 0 Å². The Labute approximate surface area is 176 Å². The van der Waals surface area contributed by atoms with Crippen molar-refractivity contribution >= 4 is 23.4 Å². The summed E-state index contributed by atoms with van der Waals surface area (Å²) in [7, 11) is 1.53. The molecule has 0 aromatic heterocycles. The van der Waals surface area contributed by atoms with E-state index in [0.717, 1.165) is 5.75 Å². The second-order valence-electron chi connectivity index (χ2n) is 6.74. The number of amides is 2. The number of benzene rings is 2. The monoisotopic (exact) mass is 416 g/mol. The predicted molar refractivity (Wildman–Crippen MR) is 112 cm³/mol. The molecule has 0 N–H and O–H groups in total. The Kier molecular flexibility index (Phi) is 6.99. The third-order valence-corrected chi connectivity index (χ3v) is 5.11. The number of hydrogen-bond acceptors (Lipinski definition) is 4. The van der Waals surface area contributed by atoms with Crippen LogP contribution in [0.3, 0.4) is 0 Å². The maximum atomic E-state index is 13.0. The predicted octanol–water partition coefficient (Wildman–Crippen LogP) is 3.74. The van der Waals surface area contributed by atoms with Crippen molar-refractivity contribution in [2.45, 2.75) is 13.3 Å². The first-order valence-electron chi connectivity index (χ1n) is 9.68. The van der Waals surface area contributed by atoms with Gasteiger partial charge in [0.1, 0.15) is 11.5 Å². The molecule has 0 atom stereocenters. The largest absolute Gasteiger partial charge is 0.496 e. The Morgan fingerprint density at radius 3 is 2.24 bits per heavy atom. The van der Waals surface area contributed by atoms with E-state index in [2.05, 4.69) is 0 Å². The minimum absolute atomic E-state index is 0.0392. The summed E-state index contributed by atoms with van der Waals surface area (Å²) in [5.41, 5.74) is 1.05. The molecule has 2 amide bonds. The molecule has 0 saturated carbocycles. The first kappa shape index (κ1) is 21.0. The van der Waals surface area contributed by atoms with E-state index in [1.54, 1.807) is 52.3 Å². The standard InChI is InChI=1S/C22H25ClN2O4/c1-3-29-18-8-5-16(6-9-18)21(26)24-11-4-12-25(14-13-24)22(27)19-15-17(23)7-10-20(19)28-2/h5-10,15H,3-4,11-14H2,1-2H3. The van der Waals surface area contributed by atoms with Crippen LogP contribution in [0.5, 0.6) is 11.5 Å². The minimum atomic E-state index is -0.139. The summed E-state index contributed by atoms with van der Waals surface area (Å²) >= 11 is 6.06. The topological polar surface area (TPSA) is 59.1 Å². The van der Waals surface area contributed by atoms with Gasteiger partial charge in [0, 0.05) is 36.8 Å². The van der Waals surface area contributed by atoms with Crippen LogP contribution in [0, 0.1) is 0 Å². The van der Waals surface area contributed by atoms with Gasteiger partial charge in [0.25, 0.3) is 11.8 Å². The number of carbonyl (C=O) groups is 2. The van der Waals surface area contributed by atoms with Gasteiger partial charge in [0.2, 0.25) is 0 Å². The lowest BCUT2D eigenvalue weighted by Gasteiger charge is -2.23. The first-order chi connectivity index (χ1) is 14.0. The molecule has 29 heavy (non-hydrogen) atoms. The van der Waals surface area contributed by atoms with Crippen LogP contribution in [-0.4, -0.2) is 61.5 Å². The second-order valence-corrected chi connectivity index (χ2v) is 7.18. The van der Waals surface area contributed by atoms with E-state index in [9.17, 15) is 9.59 Å². The highest BCUT2D eigenvalue weighted by molar-refractivity contribution is 6.31. The zero-order valence-corrected chi connectivity index (χ0v) is 17.4. The van der Waals surface area contributed by atoms with Crippen LogP contribution in [0.15, 0.2) is 42.5 Å². The normalized spacial score (nSPS) is 14.3. The molecule has 0 unspecified atom stereocenters. The van der Waals surface area contributed by atoms with Gasteiger partial charge in [-0.3, -0.25) is 9.59 Å². The number of methoxy groups -OCH3 is 1. The van der Waals surface area contributed by atoms with E-state index in [-0.39, 0.29) is 11.8 Å². The molecule has 154 valence electrons. The maximum Gasteiger partial charge on any atom is 0.257 e. The Hall–Kier alpha value is -2.73. The van der Waals surface area contributed by atoms with E-state index in [4.69, 9.17) is 21.1 Å². The SMILES string of the molecule is CCOc1ccc(C(=O)N2CCCN(C(=O)c3cc(Cl)ccc3OC)CC2)cc1. The Morgan fingerprint density at radius 2 is 1.62 bits per heavy atom. The third kappa shape index (κ3) is 5.01. The molecule has 7 heteroatoms. The lowest BCUT2D eigenvalue weighted by atomic mass is 10.1. The molecule has 1 heterocycles. The van der Waals surface area contributed by atoms with Crippen molar-refractivity contribution < 1.29 is 19.1 Å². The van der Waals surface area contributed by atoms with Gasteiger partial charge in [-0.25, -0.2) is 0 Å².